The maximum atomic E-state index is 9.62. The van der Waals surface area contributed by atoms with Crippen LogP contribution < -0.4 is 0 Å². The Balaban J connectivity index is 1.54. The Bertz CT molecular complexity index is 1190. The first-order valence-electron chi connectivity index (χ1n) is 9.05. The number of hydrogen-bond donors (Lipinski definition) is 1. The summed E-state index contributed by atoms with van der Waals surface area (Å²) in [6, 6.07) is 25.5. The highest BCUT2D eigenvalue weighted by molar-refractivity contribution is 5.95. The second kappa shape index (κ2) is 6.36. The number of para-hydroxylation sites is 2. The SMILES string of the molecule is Oc1ccc(-c2c(CCc3cc4ccccc4o3)oc3ccccc23)cc1. The highest BCUT2D eigenvalue weighted by Crippen LogP contribution is 2.36. The third-order valence-electron chi connectivity index (χ3n) is 4.90. The summed E-state index contributed by atoms with van der Waals surface area (Å²) >= 11 is 0. The quantitative estimate of drug-likeness (QED) is 0.410. The van der Waals surface area contributed by atoms with E-state index in [0.717, 1.165) is 57.4 Å². The van der Waals surface area contributed by atoms with Gasteiger partial charge in [0.15, 0.2) is 0 Å². The third-order valence-corrected chi connectivity index (χ3v) is 4.90. The van der Waals surface area contributed by atoms with Gasteiger partial charge in [0.05, 0.1) is 0 Å². The fourth-order valence-electron chi connectivity index (χ4n) is 3.61. The standard InChI is InChI=1S/C24H18O3/c25-18-11-9-16(10-12-18)24-20-6-2-4-8-22(20)27-23(24)14-13-19-15-17-5-1-3-7-21(17)26-19/h1-12,15,25H,13-14H2. The average molecular weight is 354 g/mol. The lowest BCUT2D eigenvalue weighted by atomic mass is 9.99. The van der Waals surface area contributed by atoms with Crippen molar-refractivity contribution in [2.75, 3.05) is 0 Å². The Kier molecular flexibility index (Phi) is 3.72. The van der Waals surface area contributed by atoms with E-state index < -0.39 is 0 Å². The Morgan fingerprint density at radius 2 is 1.44 bits per heavy atom. The molecular weight excluding hydrogens is 336 g/mol. The molecule has 0 amide bonds. The van der Waals surface area contributed by atoms with Crippen LogP contribution in [-0.2, 0) is 12.8 Å². The molecule has 0 fully saturated rings. The minimum Gasteiger partial charge on any atom is -0.508 e. The zero-order chi connectivity index (χ0) is 18.2. The number of hydrogen-bond acceptors (Lipinski definition) is 3. The molecule has 0 unspecified atom stereocenters. The number of phenols is 1. The summed E-state index contributed by atoms with van der Waals surface area (Å²) in [7, 11) is 0. The molecule has 0 aliphatic heterocycles. The lowest BCUT2D eigenvalue weighted by molar-refractivity contribution is 0.475. The van der Waals surface area contributed by atoms with Gasteiger partial charge in [-0.2, -0.15) is 0 Å². The summed E-state index contributed by atoms with van der Waals surface area (Å²) in [4.78, 5) is 0. The van der Waals surface area contributed by atoms with Gasteiger partial charge in [0.1, 0.15) is 28.4 Å². The summed E-state index contributed by atoms with van der Waals surface area (Å²) in [5, 5.41) is 11.8. The molecule has 0 bridgehead atoms. The number of phenolic OH excluding ortho intramolecular Hbond substituents is 1. The van der Waals surface area contributed by atoms with Crippen LogP contribution in [0.3, 0.4) is 0 Å². The monoisotopic (exact) mass is 354 g/mol. The van der Waals surface area contributed by atoms with E-state index in [2.05, 4.69) is 18.2 Å². The number of furan rings is 2. The summed E-state index contributed by atoms with van der Waals surface area (Å²) in [5.41, 5.74) is 3.91. The van der Waals surface area contributed by atoms with E-state index in [1.54, 1.807) is 12.1 Å². The molecule has 3 aromatic carbocycles. The van der Waals surface area contributed by atoms with E-state index in [4.69, 9.17) is 8.83 Å². The molecule has 5 aromatic rings. The molecule has 3 heteroatoms. The number of aryl methyl sites for hydroxylation is 2. The van der Waals surface area contributed by atoms with Crippen LogP contribution in [0.4, 0.5) is 0 Å². The molecule has 0 saturated carbocycles. The zero-order valence-electron chi connectivity index (χ0n) is 14.7. The van der Waals surface area contributed by atoms with E-state index in [-0.39, 0.29) is 5.75 Å². The van der Waals surface area contributed by atoms with Gasteiger partial charge in [0.2, 0.25) is 0 Å². The van der Waals surface area contributed by atoms with Gasteiger partial charge in [0, 0.05) is 29.2 Å². The first kappa shape index (κ1) is 15.8. The molecule has 0 radical (unpaired) electrons. The van der Waals surface area contributed by atoms with Gasteiger partial charge < -0.3 is 13.9 Å². The molecule has 0 spiro atoms. The lowest BCUT2D eigenvalue weighted by Gasteiger charge is -2.04. The van der Waals surface area contributed by atoms with Crippen molar-refractivity contribution >= 4 is 21.9 Å². The van der Waals surface area contributed by atoms with Crippen LogP contribution in [0.25, 0.3) is 33.1 Å². The van der Waals surface area contributed by atoms with Gasteiger partial charge in [-0.15, -0.1) is 0 Å². The smallest absolute Gasteiger partial charge is 0.134 e. The van der Waals surface area contributed by atoms with Gasteiger partial charge in [-0.25, -0.2) is 0 Å². The third kappa shape index (κ3) is 2.87. The van der Waals surface area contributed by atoms with Crippen molar-refractivity contribution in [1.29, 1.82) is 0 Å². The van der Waals surface area contributed by atoms with Gasteiger partial charge in [-0.05, 0) is 35.9 Å². The predicted molar refractivity (Wildman–Crippen MR) is 107 cm³/mol. The highest BCUT2D eigenvalue weighted by Gasteiger charge is 2.16. The number of benzene rings is 3. The van der Waals surface area contributed by atoms with Crippen molar-refractivity contribution in [3.05, 3.63) is 90.4 Å². The minimum atomic E-state index is 0.260. The van der Waals surface area contributed by atoms with Gasteiger partial charge in [0.25, 0.3) is 0 Å². The molecule has 2 aromatic heterocycles. The van der Waals surface area contributed by atoms with Crippen LogP contribution in [0, 0.1) is 0 Å². The van der Waals surface area contributed by atoms with Crippen LogP contribution >= 0.6 is 0 Å². The number of rotatable bonds is 4. The maximum Gasteiger partial charge on any atom is 0.134 e. The fourth-order valence-corrected chi connectivity index (χ4v) is 3.61. The molecule has 5 rings (SSSR count). The van der Waals surface area contributed by atoms with Crippen LogP contribution in [0.15, 0.2) is 87.7 Å². The molecule has 0 saturated heterocycles. The van der Waals surface area contributed by atoms with Crippen molar-refractivity contribution in [2.45, 2.75) is 12.8 Å². The molecule has 132 valence electrons. The largest absolute Gasteiger partial charge is 0.508 e. The Morgan fingerprint density at radius 3 is 2.26 bits per heavy atom. The molecule has 27 heavy (non-hydrogen) atoms. The topological polar surface area (TPSA) is 46.5 Å². The normalized spacial score (nSPS) is 11.4. The zero-order valence-corrected chi connectivity index (χ0v) is 14.7. The van der Waals surface area contributed by atoms with Crippen LogP contribution in [0.2, 0.25) is 0 Å². The van der Waals surface area contributed by atoms with Crippen molar-refractivity contribution in [2.24, 2.45) is 0 Å². The highest BCUT2D eigenvalue weighted by atomic mass is 16.3. The Morgan fingerprint density at radius 1 is 0.704 bits per heavy atom. The molecule has 0 aliphatic carbocycles. The molecule has 3 nitrogen and oxygen atoms in total. The Labute approximate surface area is 156 Å². The first-order valence-corrected chi connectivity index (χ1v) is 9.05. The number of fused-ring (bicyclic) bond motifs is 2. The van der Waals surface area contributed by atoms with Crippen LogP contribution in [0.5, 0.6) is 5.75 Å². The summed E-state index contributed by atoms with van der Waals surface area (Å²) < 4.78 is 12.1. The van der Waals surface area contributed by atoms with Crippen LogP contribution in [0.1, 0.15) is 11.5 Å². The van der Waals surface area contributed by atoms with E-state index in [0.29, 0.717) is 0 Å². The molecule has 2 heterocycles. The second-order valence-corrected chi connectivity index (χ2v) is 6.69. The van der Waals surface area contributed by atoms with Gasteiger partial charge in [-0.1, -0.05) is 48.5 Å². The second-order valence-electron chi connectivity index (χ2n) is 6.69. The van der Waals surface area contributed by atoms with E-state index >= 15 is 0 Å². The average Bonchev–Trinajstić information content (AvgIpc) is 3.27. The van der Waals surface area contributed by atoms with Crippen molar-refractivity contribution < 1.29 is 13.9 Å². The van der Waals surface area contributed by atoms with Crippen molar-refractivity contribution in [1.82, 2.24) is 0 Å². The molecule has 0 atom stereocenters. The summed E-state index contributed by atoms with van der Waals surface area (Å²) in [6.45, 7) is 0. The minimum absolute atomic E-state index is 0.260. The molecule has 1 N–H and O–H groups in total. The summed E-state index contributed by atoms with van der Waals surface area (Å²) in [6.07, 6.45) is 1.50. The van der Waals surface area contributed by atoms with Gasteiger partial charge >= 0.3 is 0 Å². The maximum absolute atomic E-state index is 9.62. The molecular formula is C24H18O3. The lowest BCUT2D eigenvalue weighted by Crippen LogP contribution is -1.90. The van der Waals surface area contributed by atoms with E-state index in [9.17, 15) is 5.11 Å². The van der Waals surface area contributed by atoms with E-state index in [1.165, 1.54) is 0 Å². The van der Waals surface area contributed by atoms with Crippen molar-refractivity contribution in [3.63, 3.8) is 0 Å². The molecule has 0 aliphatic rings. The first-order chi connectivity index (χ1) is 13.3. The van der Waals surface area contributed by atoms with Crippen molar-refractivity contribution in [3.8, 4) is 16.9 Å². The van der Waals surface area contributed by atoms with E-state index in [1.807, 2.05) is 48.5 Å². The fraction of sp³-hybridized carbons (Fsp3) is 0.0833. The summed E-state index contributed by atoms with van der Waals surface area (Å²) in [5.74, 6) is 2.14. The van der Waals surface area contributed by atoms with Crippen LogP contribution in [-0.4, -0.2) is 5.11 Å². The number of aromatic hydroxyl groups is 1. The Hall–Kier alpha value is -3.46. The predicted octanol–water partition coefficient (Wildman–Crippen LogP) is 6.34. The van der Waals surface area contributed by atoms with Gasteiger partial charge in [-0.3, -0.25) is 0 Å².